The molecule has 1 heterocycles. The number of fused-ring (bicyclic) bond motifs is 1. The van der Waals surface area contributed by atoms with E-state index in [1.807, 2.05) is 18.4 Å². The van der Waals surface area contributed by atoms with E-state index in [1.165, 1.54) is 35.3 Å². The lowest BCUT2D eigenvalue weighted by Crippen LogP contribution is -2.18. The van der Waals surface area contributed by atoms with Crippen LogP contribution < -0.4 is 10.1 Å². The number of ether oxygens (including phenoxy) is 1. The van der Waals surface area contributed by atoms with Crippen LogP contribution in [0.5, 0.6) is 5.75 Å². The van der Waals surface area contributed by atoms with Gasteiger partial charge in [-0.3, -0.25) is 0 Å². The fourth-order valence-electron chi connectivity index (χ4n) is 3.47. The molecule has 0 spiro atoms. The van der Waals surface area contributed by atoms with Gasteiger partial charge >= 0.3 is 0 Å². The van der Waals surface area contributed by atoms with Crippen molar-refractivity contribution in [2.45, 2.75) is 31.1 Å². The predicted molar refractivity (Wildman–Crippen MR) is 89.7 cm³/mol. The number of benzene rings is 1. The summed E-state index contributed by atoms with van der Waals surface area (Å²) in [5, 5.41) is 5.54. The molecule has 0 radical (unpaired) electrons. The van der Waals surface area contributed by atoms with Crippen molar-refractivity contribution in [2.75, 3.05) is 20.7 Å². The second kappa shape index (κ2) is 6.63. The van der Waals surface area contributed by atoms with E-state index >= 15 is 0 Å². The van der Waals surface area contributed by atoms with Crippen LogP contribution in [0.4, 0.5) is 0 Å². The summed E-state index contributed by atoms with van der Waals surface area (Å²) in [6.07, 6.45) is 3.70. The predicted octanol–water partition coefficient (Wildman–Crippen LogP) is 4.18. The summed E-state index contributed by atoms with van der Waals surface area (Å²) in [7, 11) is 3.79. The molecule has 21 heavy (non-hydrogen) atoms. The van der Waals surface area contributed by atoms with E-state index in [-0.39, 0.29) is 0 Å². The molecule has 1 aromatic heterocycles. The lowest BCUT2D eigenvalue weighted by atomic mass is 9.89. The van der Waals surface area contributed by atoms with Gasteiger partial charge in [0.05, 0.1) is 7.11 Å². The third kappa shape index (κ3) is 3.14. The molecule has 1 aliphatic rings. The highest BCUT2D eigenvalue weighted by molar-refractivity contribution is 7.10. The minimum absolute atomic E-state index is 0.619. The van der Waals surface area contributed by atoms with Crippen LogP contribution in [0.2, 0.25) is 0 Å². The Kier molecular flexibility index (Phi) is 4.61. The second-order valence-electron chi connectivity index (χ2n) is 5.81. The molecular formula is C18H23NOS. The maximum Gasteiger partial charge on any atom is 0.119 e. The smallest absolute Gasteiger partial charge is 0.119 e. The summed E-state index contributed by atoms with van der Waals surface area (Å²) >= 11 is 1.88. The molecule has 2 nitrogen and oxygen atoms in total. The molecule has 0 saturated carbocycles. The van der Waals surface area contributed by atoms with Crippen molar-refractivity contribution in [1.82, 2.24) is 5.32 Å². The van der Waals surface area contributed by atoms with Crippen molar-refractivity contribution in [3.8, 4) is 5.75 Å². The zero-order chi connectivity index (χ0) is 14.7. The van der Waals surface area contributed by atoms with Crippen LogP contribution in [-0.4, -0.2) is 20.7 Å². The maximum absolute atomic E-state index is 5.34. The lowest BCUT2D eigenvalue weighted by molar-refractivity contribution is 0.414. The monoisotopic (exact) mass is 301 g/mol. The number of likely N-dealkylation sites (N-methyl/N-ethyl adjacent to an activating group) is 1. The van der Waals surface area contributed by atoms with E-state index in [1.54, 1.807) is 7.11 Å². The summed E-state index contributed by atoms with van der Waals surface area (Å²) in [4.78, 5) is 1.51. The number of hydrogen-bond acceptors (Lipinski definition) is 3. The quantitative estimate of drug-likeness (QED) is 0.864. The number of methoxy groups -OCH3 is 1. The molecule has 2 unspecified atom stereocenters. The molecule has 0 fully saturated rings. The molecule has 2 aromatic rings. The molecule has 112 valence electrons. The van der Waals surface area contributed by atoms with Crippen molar-refractivity contribution in [2.24, 2.45) is 0 Å². The zero-order valence-corrected chi connectivity index (χ0v) is 13.6. The van der Waals surface area contributed by atoms with Crippen molar-refractivity contribution in [1.29, 1.82) is 0 Å². The van der Waals surface area contributed by atoms with Gasteiger partial charge < -0.3 is 10.1 Å². The van der Waals surface area contributed by atoms with Crippen LogP contribution in [-0.2, 0) is 6.42 Å². The van der Waals surface area contributed by atoms with Gasteiger partial charge in [-0.15, -0.1) is 11.3 Å². The highest BCUT2D eigenvalue weighted by Crippen LogP contribution is 2.41. The largest absolute Gasteiger partial charge is 0.497 e. The first kappa shape index (κ1) is 14.6. The molecule has 0 amide bonds. The van der Waals surface area contributed by atoms with Crippen LogP contribution in [0.3, 0.4) is 0 Å². The Morgan fingerprint density at radius 1 is 1.38 bits per heavy atom. The van der Waals surface area contributed by atoms with E-state index in [0.717, 1.165) is 12.3 Å². The van der Waals surface area contributed by atoms with Gasteiger partial charge in [0.1, 0.15) is 5.75 Å². The van der Waals surface area contributed by atoms with Crippen molar-refractivity contribution in [3.63, 3.8) is 0 Å². The number of thiophene rings is 1. The molecule has 2 atom stereocenters. The Morgan fingerprint density at radius 2 is 2.29 bits per heavy atom. The topological polar surface area (TPSA) is 21.3 Å². The molecule has 0 saturated heterocycles. The summed E-state index contributed by atoms with van der Waals surface area (Å²) in [6.45, 7) is 1.06. The minimum atomic E-state index is 0.619. The molecule has 3 heteroatoms. The maximum atomic E-state index is 5.34. The molecule has 1 N–H and O–H groups in total. The Morgan fingerprint density at radius 3 is 3.00 bits per heavy atom. The van der Waals surface area contributed by atoms with Crippen LogP contribution in [0.15, 0.2) is 35.7 Å². The van der Waals surface area contributed by atoms with Gasteiger partial charge in [0, 0.05) is 17.3 Å². The fraction of sp³-hybridized carbons (Fsp3) is 0.444. The van der Waals surface area contributed by atoms with Crippen LogP contribution in [0, 0.1) is 0 Å². The standard InChI is InChI=1S/C18H23NOS/c1-19-12-15(18-4-3-9-21-18)10-13-5-6-14-11-16(20-2)7-8-17(13)14/h3-4,7-9,11,13,15,19H,5-6,10,12H2,1-2H3. The number of aryl methyl sites for hydroxylation is 1. The summed E-state index contributed by atoms with van der Waals surface area (Å²) < 4.78 is 5.34. The molecule has 1 aromatic carbocycles. The molecular weight excluding hydrogens is 278 g/mol. The molecule has 1 aliphatic carbocycles. The van der Waals surface area contributed by atoms with E-state index in [4.69, 9.17) is 4.74 Å². The molecule has 3 rings (SSSR count). The lowest BCUT2D eigenvalue weighted by Gasteiger charge is -2.20. The van der Waals surface area contributed by atoms with Gasteiger partial charge in [-0.05, 0) is 66.9 Å². The average Bonchev–Trinajstić information content (AvgIpc) is 3.16. The van der Waals surface area contributed by atoms with Gasteiger partial charge in [0.25, 0.3) is 0 Å². The third-order valence-corrected chi connectivity index (χ3v) is 5.55. The normalized spacial score (nSPS) is 18.5. The first-order valence-corrected chi connectivity index (χ1v) is 8.54. The van der Waals surface area contributed by atoms with Crippen molar-refractivity contribution in [3.05, 3.63) is 51.7 Å². The van der Waals surface area contributed by atoms with Gasteiger partial charge in [-0.2, -0.15) is 0 Å². The Bertz CT molecular complexity index is 579. The van der Waals surface area contributed by atoms with E-state index < -0.39 is 0 Å². The third-order valence-electron chi connectivity index (χ3n) is 4.52. The number of hydrogen-bond donors (Lipinski definition) is 1. The van der Waals surface area contributed by atoms with Crippen molar-refractivity contribution >= 4 is 11.3 Å². The van der Waals surface area contributed by atoms with Gasteiger partial charge in [-0.1, -0.05) is 12.1 Å². The van der Waals surface area contributed by atoms with E-state index in [2.05, 4.69) is 41.0 Å². The van der Waals surface area contributed by atoms with Crippen LogP contribution >= 0.6 is 11.3 Å². The SMILES string of the molecule is CNCC(CC1CCc2cc(OC)ccc21)c1cccs1. The number of rotatable bonds is 6. The first-order chi connectivity index (χ1) is 10.3. The highest BCUT2D eigenvalue weighted by Gasteiger charge is 2.26. The van der Waals surface area contributed by atoms with E-state index in [9.17, 15) is 0 Å². The minimum Gasteiger partial charge on any atom is -0.497 e. The second-order valence-corrected chi connectivity index (χ2v) is 6.79. The molecule has 0 aliphatic heterocycles. The summed E-state index contributed by atoms with van der Waals surface area (Å²) in [5.41, 5.74) is 3.02. The fourth-order valence-corrected chi connectivity index (χ4v) is 4.31. The Balaban J connectivity index is 1.77. The Labute approximate surface area is 131 Å². The van der Waals surface area contributed by atoms with Gasteiger partial charge in [0.15, 0.2) is 0 Å². The summed E-state index contributed by atoms with van der Waals surface area (Å²) in [5.74, 6) is 2.29. The number of nitrogens with one attached hydrogen (secondary N) is 1. The summed E-state index contributed by atoms with van der Waals surface area (Å²) in [6, 6.07) is 11.0. The van der Waals surface area contributed by atoms with Gasteiger partial charge in [0.2, 0.25) is 0 Å². The van der Waals surface area contributed by atoms with Crippen LogP contribution in [0.25, 0.3) is 0 Å². The molecule has 0 bridgehead atoms. The van der Waals surface area contributed by atoms with Crippen molar-refractivity contribution < 1.29 is 4.74 Å². The van der Waals surface area contributed by atoms with E-state index in [0.29, 0.717) is 11.8 Å². The van der Waals surface area contributed by atoms with Gasteiger partial charge in [-0.25, -0.2) is 0 Å². The average molecular weight is 301 g/mol. The van der Waals surface area contributed by atoms with Crippen LogP contribution in [0.1, 0.15) is 40.7 Å². The first-order valence-electron chi connectivity index (χ1n) is 7.66. The highest BCUT2D eigenvalue weighted by atomic mass is 32.1. The Hall–Kier alpha value is -1.32. The zero-order valence-electron chi connectivity index (χ0n) is 12.8.